The Bertz CT molecular complexity index is 1960. The van der Waals surface area contributed by atoms with Crippen LogP contribution in [0.5, 0.6) is 5.88 Å². The number of rotatable bonds is 7. The van der Waals surface area contributed by atoms with Gasteiger partial charge in [0.1, 0.15) is 12.4 Å². The lowest BCUT2D eigenvalue weighted by Gasteiger charge is -2.36. The number of sulfonamides is 1. The average molecular weight is 699 g/mol. The van der Waals surface area contributed by atoms with Crippen molar-refractivity contribution in [1.29, 1.82) is 0 Å². The molecule has 1 saturated heterocycles. The van der Waals surface area contributed by atoms with E-state index in [0.717, 1.165) is 41.9 Å². The second kappa shape index (κ2) is 14.4. The van der Waals surface area contributed by atoms with Gasteiger partial charge in [0.05, 0.1) is 41.5 Å². The summed E-state index contributed by atoms with van der Waals surface area (Å²) in [6.07, 6.45) is 2.68. The molecule has 4 aromatic rings. The molecule has 0 aliphatic carbocycles. The summed E-state index contributed by atoms with van der Waals surface area (Å²) in [4.78, 5) is 32.7. The van der Waals surface area contributed by atoms with Gasteiger partial charge in [-0.25, -0.2) is 23.1 Å². The summed E-state index contributed by atoms with van der Waals surface area (Å²) >= 11 is 0. The van der Waals surface area contributed by atoms with E-state index in [9.17, 15) is 13.2 Å². The van der Waals surface area contributed by atoms with Crippen LogP contribution in [0.2, 0.25) is 0 Å². The topological polar surface area (TPSA) is 127 Å². The van der Waals surface area contributed by atoms with Crippen molar-refractivity contribution in [3.63, 3.8) is 0 Å². The van der Waals surface area contributed by atoms with Crippen LogP contribution in [0.1, 0.15) is 67.2 Å². The van der Waals surface area contributed by atoms with Crippen LogP contribution >= 0.6 is 0 Å². The van der Waals surface area contributed by atoms with Gasteiger partial charge >= 0.3 is 0 Å². The molecule has 6 rings (SSSR count). The molecule has 2 aromatic heterocycles. The van der Waals surface area contributed by atoms with Crippen LogP contribution < -0.4 is 14.4 Å². The summed E-state index contributed by atoms with van der Waals surface area (Å²) in [5.74, 6) is 0.607. The second-order valence-corrected chi connectivity index (χ2v) is 16.1. The molecule has 0 radical (unpaired) electrons. The molecule has 2 atom stereocenters. The number of methoxy groups -OCH3 is 1. The average Bonchev–Trinajstić information content (AvgIpc) is 3.53. The monoisotopic (exact) mass is 698 g/mol. The molecule has 4 bridgehead atoms. The Morgan fingerprint density at radius 3 is 2.44 bits per heavy atom. The van der Waals surface area contributed by atoms with Gasteiger partial charge in [-0.15, -0.1) is 0 Å². The maximum absolute atomic E-state index is 14.6. The maximum Gasteiger partial charge on any atom is 0.264 e. The highest BCUT2D eigenvalue weighted by Gasteiger charge is 2.32. The molecular formula is C38H46N6O5S. The molecule has 4 heterocycles. The number of hydrogen-bond donors (Lipinski definition) is 1. The number of hydrogen-bond acceptors (Lipinski definition) is 9. The molecule has 12 heteroatoms. The minimum absolute atomic E-state index is 0.0724. The fourth-order valence-electron chi connectivity index (χ4n) is 6.94. The van der Waals surface area contributed by atoms with Gasteiger partial charge in [0.15, 0.2) is 0 Å². The molecule has 2 aliphatic heterocycles. The maximum atomic E-state index is 14.6. The number of benzene rings is 2. The third-order valence-corrected chi connectivity index (χ3v) is 10.5. The van der Waals surface area contributed by atoms with Gasteiger partial charge in [-0.3, -0.25) is 4.79 Å². The van der Waals surface area contributed by atoms with Crippen LogP contribution in [0.25, 0.3) is 11.3 Å². The lowest BCUT2D eigenvalue weighted by atomic mass is 9.87. The van der Waals surface area contributed by atoms with E-state index in [1.165, 1.54) is 12.1 Å². The van der Waals surface area contributed by atoms with E-state index in [4.69, 9.17) is 14.5 Å². The molecule has 1 fully saturated rings. The number of pyridine rings is 1. The zero-order chi connectivity index (χ0) is 35.6. The van der Waals surface area contributed by atoms with Gasteiger partial charge in [0.2, 0.25) is 11.8 Å². The van der Waals surface area contributed by atoms with Gasteiger partial charge in [0, 0.05) is 30.8 Å². The number of carbonyl (C=O) groups is 1. The van der Waals surface area contributed by atoms with Crippen LogP contribution in [0.3, 0.4) is 0 Å². The van der Waals surface area contributed by atoms with Gasteiger partial charge < -0.3 is 19.3 Å². The highest BCUT2D eigenvalue weighted by Crippen LogP contribution is 2.32. The number of ether oxygens (including phenoxy) is 2. The molecule has 1 amide bonds. The Balaban J connectivity index is 1.45. The fourth-order valence-corrected chi connectivity index (χ4v) is 7.93. The smallest absolute Gasteiger partial charge is 0.264 e. The standard InChI is InChI=1S/C38H46N6O5S/c1-25-11-7-12-26(2)35(25)32-20-34-41-37(40-32)42-50(46,47)31-16-8-13-27(19-31)36(45)44(30(24-49-34)21-38(3,4)5)22-28-14-9-17-33(39-28)43-18-10-15-29(43)23-48-6/h7-9,11-14,16-17,19-20,29-30H,10,15,18,21-24H2,1-6H3,(H,40,41,42)/t29-,30+/m0/s1. The third kappa shape index (κ3) is 7.92. The van der Waals surface area contributed by atoms with Crippen molar-refractivity contribution in [3.05, 3.63) is 89.1 Å². The number of nitrogens with zero attached hydrogens (tertiary/aromatic N) is 5. The van der Waals surface area contributed by atoms with Gasteiger partial charge in [0.25, 0.3) is 15.9 Å². The first-order valence-electron chi connectivity index (χ1n) is 17.0. The number of anilines is 2. The van der Waals surface area contributed by atoms with Crippen LogP contribution in [0.4, 0.5) is 11.8 Å². The number of aromatic nitrogens is 3. The molecule has 50 heavy (non-hydrogen) atoms. The molecule has 264 valence electrons. The first kappa shape index (κ1) is 35.3. The van der Waals surface area contributed by atoms with Gasteiger partial charge in [-0.1, -0.05) is 51.1 Å². The highest BCUT2D eigenvalue weighted by molar-refractivity contribution is 7.92. The zero-order valence-corrected chi connectivity index (χ0v) is 30.5. The number of fused-ring (bicyclic) bond motifs is 4. The minimum Gasteiger partial charge on any atom is -0.475 e. The molecule has 2 aromatic carbocycles. The minimum atomic E-state index is -4.17. The Hall–Kier alpha value is -4.55. The Morgan fingerprint density at radius 1 is 0.960 bits per heavy atom. The molecule has 11 nitrogen and oxygen atoms in total. The van der Waals surface area contributed by atoms with E-state index in [0.29, 0.717) is 24.4 Å². The summed E-state index contributed by atoms with van der Waals surface area (Å²) in [6.45, 7) is 12.1. The highest BCUT2D eigenvalue weighted by atomic mass is 32.2. The largest absolute Gasteiger partial charge is 0.475 e. The normalized spacial score (nSPS) is 19.2. The molecule has 0 spiro atoms. The summed E-state index contributed by atoms with van der Waals surface area (Å²) in [5, 5.41) is 0. The van der Waals surface area contributed by atoms with E-state index in [-0.39, 0.29) is 52.8 Å². The molecule has 0 unspecified atom stereocenters. The van der Waals surface area contributed by atoms with Crippen molar-refractivity contribution < 1.29 is 22.7 Å². The van der Waals surface area contributed by atoms with E-state index in [2.05, 4.69) is 40.4 Å². The molecule has 1 N–H and O–H groups in total. The van der Waals surface area contributed by atoms with E-state index in [1.807, 2.05) is 50.2 Å². The van der Waals surface area contributed by atoms with Crippen molar-refractivity contribution in [1.82, 2.24) is 19.9 Å². The van der Waals surface area contributed by atoms with Crippen molar-refractivity contribution in [2.45, 2.75) is 77.4 Å². The van der Waals surface area contributed by atoms with Gasteiger partial charge in [-0.2, -0.15) is 4.98 Å². The Labute approximate surface area is 295 Å². The number of aryl methyl sites for hydroxylation is 2. The van der Waals surface area contributed by atoms with Crippen LogP contribution in [0.15, 0.2) is 71.6 Å². The fraction of sp³-hybridized carbons (Fsp3) is 0.421. The van der Waals surface area contributed by atoms with Crippen molar-refractivity contribution in [2.75, 3.05) is 36.5 Å². The SMILES string of the molecule is COC[C@@H]1CCCN1c1cccc(CN2C(=O)c3cccc(c3)S(=O)(=O)Nc3nc(cc(-c4c(C)cccc4C)n3)OC[C@H]2CC(C)(C)C)n1. The molecule has 2 aliphatic rings. The lowest BCUT2D eigenvalue weighted by Crippen LogP contribution is -2.45. The zero-order valence-electron chi connectivity index (χ0n) is 29.6. The van der Waals surface area contributed by atoms with E-state index in [1.54, 1.807) is 30.2 Å². The first-order valence-corrected chi connectivity index (χ1v) is 18.5. The summed E-state index contributed by atoms with van der Waals surface area (Å²) in [6, 6.07) is 19.5. The quantitative estimate of drug-likeness (QED) is 0.233. The summed E-state index contributed by atoms with van der Waals surface area (Å²) in [7, 11) is -2.46. The predicted molar refractivity (Wildman–Crippen MR) is 194 cm³/mol. The van der Waals surface area contributed by atoms with E-state index >= 15 is 0 Å². The Morgan fingerprint density at radius 2 is 1.70 bits per heavy atom. The molecular weight excluding hydrogens is 653 g/mol. The van der Waals surface area contributed by atoms with Crippen LogP contribution in [-0.2, 0) is 21.3 Å². The van der Waals surface area contributed by atoms with Crippen molar-refractivity contribution in [2.24, 2.45) is 5.41 Å². The summed E-state index contributed by atoms with van der Waals surface area (Å²) < 4.78 is 41.9. The van der Waals surface area contributed by atoms with Crippen molar-refractivity contribution >= 4 is 27.7 Å². The molecule has 0 saturated carbocycles. The predicted octanol–water partition coefficient (Wildman–Crippen LogP) is 6.41. The van der Waals surface area contributed by atoms with Gasteiger partial charge in [-0.05, 0) is 80.0 Å². The van der Waals surface area contributed by atoms with Crippen LogP contribution in [0, 0.1) is 19.3 Å². The second-order valence-electron chi connectivity index (χ2n) is 14.4. The first-order chi connectivity index (χ1) is 23.8. The third-order valence-electron chi connectivity index (χ3n) is 9.18. The number of nitrogens with one attached hydrogen (secondary N) is 1. The van der Waals surface area contributed by atoms with Crippen LogP contribution in [-0.4, -0.2) is 73.1 Å². The lowest BCUT2D eigenvalue weighted by molar-refractivity contribution is 0.0509. The van der Waals surface area contributed by atoms with Crippen molar-refractivity contribution in [3.8, 4) is 17.1 Å². The van der Waals surface area contributed by atoms with E-state index < -0.39 is 16.1 Å². The summed E-state index contributed by atoms with van der Waals surface area (Å²) in [5.41, 5.74) is 4.13. The number of amides is 1. The Kier molecular flexibility index (Phi) is 10.1. The number of carbonyl (C=O) groups excluding carboxylic acids is 1.